The number of hydrogen-bond donors (Lipinski definition) is 2. The summed E-state index contributed by atoms with van der Waals surface area (Å²) >= 11 is 6.76. The Morgan fingerprint density at radius 2 is 2.13 bits per heavy atom. The Balaban J connectivity index is 1.58. The van der Waals surface area contributed by atoms with E-state index >= 15 is 0 Å². The first-order valence-electron chi connectivity index (χ1n) is 9.62. The average Bonchev–Trinajstić information content (AvgIpc) is 3.47. The summed E-state index contributed by atoms with van der Waals surface area (Å²) in [7, 11) is 1.87. The predicted octanol–water partition coefficient (Wildman–Crippen LogP) is 2.90. The number of hydrogen-bond acceptors (Lipinski definition) is 5. The molecular weight excluding hydrogens is 407 g/mol. The molecule has 6 rings (SSSR count). The van der Waals surface area contributed by atoms with Crippen molar-refractivity contribution in [3.05, 3.63) is 41.9 Å². The molecule has 0 amide bonds. The fraction of sp³-hybridized carbons (Fsp3) is 0.250. The molecule has 0 spiro atoms. The van der Waals surface area contributed by atoms with Crippen molar-refractivity contribution in [3.8, 4) is 11.1 Å². The molecule has 0 radical (unpaired) electrons. The first-order chi connectivity index (χ1) is 14.5. The van der Waals surface area contributed by atoms with Gasteiger partial charge in [0, 0.05) is 54.9 Å². The fourth-order valence-corrected chi connectivity index (χ4v) is 4.62. The zero-order valence-electron chi connectivity index (χ0n) is 16.0. The van der Waals surface area contributed by atoms with E-state index in [1.54, 1.807) is 10.9 Å². The maximum Gasteiger partial charge on any atom is 0.213 e. The SMILES string of the molecule is Cn1cc2c(Cl)c(-c3c[nH]c4nc(N5C[C@@H](N)[C@@H](F)C5)n5ccnc5c34)ccc2n1. The molecule has 30 heavy (non-hydrogen) atoms. The number of aryl methyl sites for hydroxylation is 1. The van der Waals surface area contributed by atoms with Crippen molar-refractivity contribution in [3.63, 3.8) is 0 Å². The lowest BCUT2D eigenvalue weighted by atomic mass is 10.0. The number of anilines is 1. The fourth-order valence-electron chi connectivity index (χ4n) is 4.31. The molecule has 4 aromatic heterocycles. The average molecular weight is 425 g/mol. The smallest absolute Gasteiger partial charge is 0.213 e. The number of benzene rings is 1. The number of fused-ring (bicyclic) bond motifs is 4. The molecule has 5 aromatic rings. The second-order valence-electron chi connectivity index (χ2n) is 7.71. The van der Waals surface area contributed by atoms with Gasteiger partial charge in [-0.15, -0.1) is 0 Å². The summed E-state index contributed by atoms with van der Waals surface area (Å²) in [6.07, 6.45) is 6.25. The molecule has 0 aliphatic carbocycles. The van der Waals surface area contributed by atoms with E-state index < -0.39 is 12.2 Å². The lowest BCUT2D eigenvalue weighted by molar-refractivity contribution is 0.333. The summed E-state index contributed by atoms with van der Waals surface area (Å²) in [5.41, 5.74) is 9.88. The highest BCUT2D eigenvalue weighted by Gasteiger charge is 2.32. The number of H-pyrrole nitrogens is 1. The third-order valence-corrected chi connectivity index (χ3v) is 6.16. The molecule has 1 saturated heterocycles. The summed E-state index contributed by atoms with van der Waals surface area (Å²) in [6, 6.07) is 3.39. The monoisotopic (exact) mass is 424 g/mol. The van der Waals surface area contributed by atoms with Crippen LogP contribution in [0, 0.1) is 0 Å². The summed E-state index contributed by atoms with van der Waals surface area (Å²) < 4.78 is 17.7. The Morgan fingerprint density at radius 1 is 1.27 bits per heavy atom. The number of nitrogens with one attached hydrogen (secondary N) is 1. The van der Waals surface area contributed by atoms with Crippen LogP contribution in [0.5, 0.6) is 0 Å². The third kappa shape index (κ3) is 2.39. The normalized spacial score (nSPS) is 19.7. The van der Waals surface area contributed by atoms with Crippen LogP contribution in [0.1, 0.15) is 0 Å². The van der Waals surface area contributed by atoms with Crippen LogP contribution in [0.3, 0.4) is 0 Å². The Labute approximate surface area is 175 Å². The minimum absolute atomic E-state index is 0.212. The summed E-state index contributed by atoms with van der Waals surface area (Å²) in [4.78, 5) is 14.4. The van der Waals surface area contributed by atoms with Crippen LogP contribution in [0.15, 0.2) is 36.9 Å². The second kappa shape index (κ2) is 6.16. The van der Waals surface area contributed by atoms with Gasteiger partial charge < -0.3 is 15.6 Å². The van der Waals surface area contributed by atoms with Gasteiger partial charge in [0.1, 0.15) is 11.8 Å². The molecule has 1 aliphatic heterocycles. The van der Waals surface area contributed by atoms with Gasteiger partial charge in [0.15, 0.2) is 5.65 Å². The van der Waals surface area contributed by atoms with Gasteiger partial charge >= 0.3 is 0 Å². The second-order valence-corrected chi connectivity index (χ2v) is 8.08. The summed E-state index contributed by atoms with van der Waals surface area (Å²) in [5, 5.41) is 6.78. The number of aromatic nitrogens is 6. The molecule has 0 unspecified atom stereocenters. The van der Waals surface area contributed by atoms with Crippen LogP contribution in [0.2, 0.25) is 5.02 Å². The van der Waals surface area contributed by atoms with Crippen LogP contribution in [0.25, 0.3) is 38.7 Å². The lowest BCUT2D eigenvalue weighted by Gasteiger charge is -2.18. The topological polar surface area (TPSA) is 93.1 Å². The van der Waals surface area contributed by atoms with Crippen molar-refractivity contribution in [2.75, 3.05) is 18.0 Å². The number of alkyl halides is 1. The highest BCUT2D eigenvalue weighted by atomic mass is 35.5. The third-order valence-electron chi connectivity index (χ3n) is 5.75. The standard InChI is InChI=1S/C20H18ClFN8/c1-28-7-12-15(27-28)3-2-10(17(12)21)11-6-25-18-16(11)19-24-4-5-30(19)20(26-18)29-8-13(22)14(23)9-29/h2-7,13-14,25H,8-9,23H2,1H3/t13-,14+/m0/s1. The molecule has 5 heterocycles. The Morgan fingerprint density at radius 3 is 2.93 bits per heavy atom. The van der Waals surface area contributed by atoms with E-state index in [-0.39, 0.29) is 6.54 Å². The first kappa shape index (κ1) is 17.7. The van der Waals surface area contributed by atoms with Crippen LogP contribution in [-0.2, 0) is 7.05 Å². The molecule has 1 aliphatic rings. The van der Waals surface area contributed by atoms with Crippen molar-refractivity contribution in [1.29, 1.82) is 0 Å². The van der Waals surface area contributed by atoms with Crippen molar-refractivity contribution >= 4 is 45.1 Å². The van der Waals surface area contributed by atoms with Crippen LogP contribution in [0.4, 0.5) is 10.3 Å². The van der Waals surface area contributed by atoms with Crippen molar-refractivity contribution < 1.29 is 4.39 Å². The lowest BCUT2D eigenvalue weighted by Crippen LogP contribution is -2.30. The molecule has 1 aromatic carbocycles. The van der Waals surface area contributed by atoms with Crippen molar-refractivity contribution in [1.82, 2.24) is 29.1 Å². The quantitative estimate of drug-likeness (QED) is 0.454. The van der Waals surface area contributed by atoms with Crippen LogP contribution < -0.4 is 10.6 Å². The van der Waals surface area contributed by atoms with Crippen LogP contribution in [-0.4, -0.2) is 54.4 Å². The number of rotatable bonds is 2. The number of imidazole rings is 1. The molecule has 0 bridgehead atoms. The molecule has 10 heteroatoms. The molecule has 0 saturated carbocycles. The number of halogens is 2. The van der Waals surface area contributed by atoms with E-state index in [1.165, 1.54) is 0 Å². The zero-order chi connectivity index (χ0) is 20.6. The van der Waals surface area contributed by atoms with Crippen molar-refractivity contribution in [2.24, 2.45) is 12.8 Å². The first-order valence-corrected chi connectivity index (χ1v) is 10.00. The van der Waals surface area contributed by atoms with Gasteiger partial charge in [0.2, 0.25) is 5.95 Å². The minimum atomic E-state index is -1.08. The number of nitrogens with zero attached hydrogens (tertiary/aromatic N) is 6. The molecule has 1 fully saturated rings. The van der Waals surface area contributed by atoms with Gasteiger partial charge in [-0.1, -0.05) is 17.7 Å². The largest absolute Gasteiger partial charge is 0.345 e. The summed E-state index contributed by atoms with van der Waals surface area (Å²) in [5.74, 6) is 0.618. The maximum atomic E-state index is 14.0. The Kier molecular flexibility index (Phi) is 3.63. The van der Waals surface area contributed by atoms with E-state index in [1.807, 2.05) is 47.1 Å². The van der Waals surface area contributed by atoms with Gasteiger partial charge in [0.05, 0.1) is 28.5 Å². The molecule has 3 N–H and O–H groups in total. The molecular formula is C20H18ClFN8. The Hall–Kier alpha value is -3.17. The van der Waals surface area contributed by atoms with E-state index in [9.17, 15) is 4.39 Å². The number of aromatic amines is 1. The van der Waals surface area contributed by atoms with E-state index in [4.69, 9.17) is 22.3 Å². The van der Waals surface area contributed by atoms with Gasteiger partial charge in [-0.05, 0) is 6.07 Å². The molecule has 152 valence electrons. The summed E-state index contributed by atoms with van der Waals surface area (Å²) in [6.45, 7) is 0.619. The van der Waals surface area contributed by atoms with E-state index in [0.717, 1.165) is 33.1 Å². The minimum Gasteiger partial charge on any atom is -0.345 e. The van der Waals surface area contributed by atoms with Gasteiger partial charge in [0.25, 0.3) is 0 Å². The van der Waals surface area contributed by atoms with Crippen LogP contribution >= 0.6 is 11.6 Å². The highest BCUT2D eigenvalue weighted by Crippen LogP contribution is 2.39. The van der Waals surface area contributed by atoms with Gasteiger partial charge in [-0.3, -0.25) is 9.08 Å². The highest BCUT2D eigenvalue weighted by molar-refractivity contribution is 6.38. The van der Waals surface area contributed by atoms with E-state index in [0.29, 0.717) is 23.2 Å². The maximum absolute atomic E-state index is 14.0. The zero-order valence-corrected chi connectivity index (χ0v) is 16.8. The van der Waals surface area contributed by atoms with Crippen molar-refractivity contribution in [2.45, 2.75) is 12.2 Å². The van der Waals surface area contributed by atoms with E-state index in [2.05, 4.69) is 15.1 Å². The molecule has 2 atom stereocenters. The Bertz CT molecular complexity index is 1420. The predicted molar refractivity (Wildman–Crippen MR) is 115 cm³/mol. The molecule has 8 nitrogen and oxygen atoms in total. The number of nitrogens with two attached hydrogens (primary N) is 1. The van der Waals surface area contributed by atoms with Gasteiger partial charge in [-0.25, -0.2) is 9.37 Å². The van der Waals surface area contributed by atoms with Gasteiger partial charge in [-0.2, -0.15) is 10.1 Å².